The van der Waals surface area contributed by atoms with E-state index in [9.17, 15) is 0 Å². The second-order valence-corrected chi connectivity index (χ2v) is 3.69. The fraction of sp³-hybridized carbons (Fsp3) is 0.455. The average Bonchev–Trinajstić information content (AvgIpc) is 2.23. The number of hydrogen-bond donors (Lipinski definition) is 1. The van der Waals surface area contributed by atoms with Gasteiger partial charge in [-0.1, -0.05) is 11.6 Å². The Hall–Kier alpha value is -0.930. The van der Waals surface area contributed by atoms with E-state index in [0.29, 0.717) is 17.3 Å². The van der Waals surface area contributed by atoms with E-state index in [1.165, 1.54) is 0 Å². The molecular formula is C11H16ClNO2. The quantitative estimate of drug-likeness (QED) is 0.866. The van der Waals surface area contributed by atoms with Gasteiger partial charge in [0.25, 0.3) is 0 Å². The number of methoxy groups -OCH3 is 2. The summed E-state index contributed by atoms with van der Waals surface area (Å²) in [6.45, 7) is 4.22. The van der Waals surface area contributed by atoms with Gasteiger partial charge in [-0.25, -0.2) is 0 Å². The minimum absolute atomic E-state index is 0.406. The van der Waals surface area contributed by atoms with Crippen LogP contribution in [0.2, 0.25) is 5.02 Å². The second-order valence-electron chi connectivity index (χ2n) is 3.31. The first-order chi connectivity index (χ1) is 7.08. The largest absolute Gasteiger partial charge is 0.496 e. The Labute approximate surface area is 95.1 Å². The molecule has 0 atom stereocenters. The van der Waals surface area contributed by atoms with Crippen molar-refractivity contribution in [1.82, 2.24) is 0 Å². The van der Waals surface area contributed by atoms with Crippen molar-refractivity contribution < 1.29 is 9.47 Å². The van der Waals surface area contributed by atoms with E-state index >= 15 is 0 Å². The van der Waals surface area contributed by atoms with Crippen LogP contribution in [0.1, 0.15) is 16.7 Å². The molecular weight excluding hydrogens is 214 g/mol. The second kappa shape index (κ2) is 4.73. The maximum atomic E-state index is 6.17. The van der Waals surface area contributed by atoms with Crippen molar-refractivity contribution in [3.05, 3.63) is 21.7 Å². The molecule has 0 aliphatic rings. The summed E-state index contributed by atoms with van der Waals surface area (Å²) in [6.07, 6.45) is 0. The molecule has 1 aromatic carbocycles. The molecule has 0 aromatic heterocycles. The van der Waals surface area contributed by atoms with Gasteiger partial charge in [-0.3, -0.25) is 0 Å². The maximum Gasteiger partial charge on any atom is 0.141 e. The Morgan fingerprint density at radius 1 is 1.07 bits per heavy atom. The molecule has 1 rings (SSSR count). The molecule has 0 unspecified atom stereocenters. The number of halogens is 1. The topological polar surface area (TPSA) is 44.5 Å². The lowest BCUT2D eigenvalue weighted by Crippen LogP contribution is -2.06. The highest BCUT2D eigenvalue weighted by molar-refractivity contribution is 6.33. The highest BCUT2D eigenvalue weighted by Crippen LogP contribution is 2.40. The molecule has 0 heterocycles. The highest BCUT2D eigenvalue weighted by atomic mass is 35.5. The molecule has 3 nitrogen and oxygen atoms in total. The first kappa shape index (κ1) is 12.1. The van der Waals surface area contributed by atoms with Gasteiger partial charge in [0.15, 0.2) is 0 Å². The lowest BCUT2D eigenvalue weighted by atomic mass is 10.0. The van der Waals surface area contributed by atoms with Crippen LogP contribution < -0.4 is 15.2 Å². The molecule has 0 radical (unpaired) electrons. The molecule has 2 N–H and O–H groups in total. The van der Waals surface area contributed by atoms with E-state index in [4.69, 9.17) is 26.8 Å². The number of rotatable bonds is 3. The molecule has 0 amide bonds. The van der Waals surface area contributed by atoms with Crippen molar-refractivity contribution in [3.63, 3.8) is 0 Å². The molecule has 0 bridgehead atoms. The zero-order valence-corrected chi connectivity index (χ0v) is 10.2. The van der Waals surface area contributed by atoms with Gasteiger partial charge in [0.05, 0.1) is 19.2 Å². The van der Waals surface area contributed by atoms with Crippen molar-refractivity contribution in [2.75, 3.05) is 14.2 Å². The summed E-state index contributed by atoms with van der Waals surface area (Å²) in [7, 11) is 3.21. The van der Waals surface area contributed by atoms with Gasteiger partial charge in [0.1, 0.15) is 11.5 Å². The first-order valence-electron chi connectivity index (χ1n) is 4.68. The van der Waals surface area contributed by atoms with Crippen LogP contribution in [0.15, 0.2) is 0 Å². The van der Waals surface area contributed by atoms with E-state index in [0.717, 1.165) is 22.4 Å². The van der Waals surface area contributed by atoms with Gasteiger partial charge < -0.3 is 15.2 Å². The molecule has 0 saturated heterocycles. The normalized spacial score (nSPS) is 10.3. The number of hydrogen-bond acceptors (Lipinski definition) is 3. The van der Waals surface area contributed by atoms with Crippen molar-refractivity contribution >= 4 is 11.6 Å². The zero-order chi connectivity index (χ0) is 11.6. The van der Waals surface area contributed by atoms with Crippen LogP contribution >= 0.6 is 11.6 Å². The fourth-order valence-electron chi connectivity index (χ4n) is 1.73. The fourth-order valence-corrected chi connectivity index (χ4v) is 2.04. The third-order valence-corrected chi connectivity index (χ3v) is 3.00. The van der Waals surface area contributed by atoms with Crippen LogP contribution in [-0.2, 0) is 6.54 Å². The van der Waals surface area contributed by atoms with E-state index in [1.807, 2.05) is 13.8 Å². The Morgan fingerprint density at radius 3 is 2.00 bits per heavy atom. The molecule has 0 aliphatic carbocycles. The summed E-state index contributed by atoms with van der Waals surface area (Å²) in [4.78, 5) is 0. The van der Waals surface area contributed by atoms with E-state index < -0.39 is 0 Å². The average molecular weight is 230 g/mol. The van der Waals surface area contributed by atoms with Gasteiger partial charge in [0.2, 0.25) is 0 Å². The predicted octanol–water partition coefficient (Wildman–Crippen LogP) is 2.43. The monoisotopic (exact) mass is 229 g/mol. The van der Waals surface area contributed by atoms with Crippen LogP contribution in [0, 0.1) is 13.8 Å². The molecule has 0 fully saturated rings. The number of nitrogens with two attached hydrogens (primary N) is 1. The lowest BCUT2D eigenvalue weighted by molar-refractivity contribution is 0.393. The van der Waals surface area contributed by atoms with Crippen molar-refractivity contribution in [2.24, 2.45) is 5.73 Å². The van der Waals surface area contributed by atoms with E-state index in [-0.39, 0.29) is 0 Å². The summed E-state index contributed by atoms with van der Waals surface area (Å²) < 4.78 is 10.6. The molecule has 0 saturated carbocycles. The number of ether oxygens (including phenoxy) is 2. The summed E-state index contributed by atoms with van der Waals surface area (Å²) in [5, 5.41) is 0.587. The van der Waals surface area contributed by atoms with Gasteiger partial charge in [0, 0.05) is 23.2 Å². The third-order valence-electron chi connectivity index (χ3n) is 2.55. The standard InChI is InChI=1S/C11H16ClNO2/c1-6-8(5-13)10(14-3)7(2)9(12)11(6)15-4/h5,13H2,1-4H3. The summed E-state index contributed by atoms with van der Waals surface area (Å²) in [6, 6.07) is 0. The van der Waals surface area contributed by atoms with Crippen LogP contribution in [0.4, 0.5) is 0 Å². The van der Waals surface area contributed by atoms with Gasteiger partial charge in [-0.05, 0) is 13.8 Å². The molecule has 0 aliphatic heterocycles. The SMILES string of the molecule is COc1c(C)c(CN)c(OC)c(C)c1Cl. The molecule has 1 aromatic rings. The van der Waals surface area contributed by atoms with Crippen LogP contribution in [0.3, 0.4) is 0 Å². The summed E-state index contributed by atoms with van der Waals surface area (Å²) in [5.74, 6) is 1.43. The summed E-state index contributed by atoms with van der Waals surface area (Å²) in [5.41, 5.74) is 8.43. The Morgan fingerprint density at radius 2 is 1.60 bits per heavy atom. The van der Waals surface area contributed by atoms with E-state index in [1.54, 1.807) is 14.2 Å². The Bertz CT molecular complexity index is 378. The van der Waals surface area contributed by atoms with Crippen LogP contribution in [-0.4, -0.2) is 14.2 Å². The number of benzene rings is 1. The van der Waals surface area contributed by atoms with Crippen LogP contribution in [0.5, 0.6) is 11.5 Å². The summed E-state index contributed by atoms with van der Waals surface area (Å²) >= 11 is 6.17. The van der Waals surface area contributed by atoms with Crippen molar-refractivity contribution in [3.8, 4) is 11.5 Å². The maximum absolute atomic E-state index is 6.17. The minimum Gasteiger partial charge on any atom is -0.496 e. The molecule has 84 valence electrons. The third kappa shape index (κ3) is 1.90. The van der Waals surface area contributed by atoms with E-state index in [2.05, 4.69) is 0 Å². The Balaban J connectivity index is 3.57. The Kier molecular flexibility index (Phi) is 3.83. The zero-order valence-electron chi connectivity index (χ0n) is 9.48. The highest BCUT2D eigenvalue weighted by Gasteiger charge is 2.18. The predicted molar refractivity (Wildman–Crippen MR) is 61.9 cm³/mol. The lowest BCUT2D eigenvalue weighted by Gasteiger charge is -2.18. The molecule has 15 heavy (non-hydrogen) atoms. The van der Waals surface area contributed by atoms with Crippen molar-refractivity contribution in [1.29, 1.82) is 0 Å². The molecule has 0 spiro atoms. The van der Waals surface area contributed by atoms with Crippen molar-refractivity contribution in [2.45, 2.75) is 20.4 Å². The van der Waals surface area contributed by atoms with Gasteiger partial charge in [-0.15, -0.1) is 0 Å². The first-order valence-corrected chi connectivity index (χ1v) is 5.05. The van der Waals surface area contributed by atoms with Gasteiger partial charge in [-0.2, -0.15) is 0 Å². The minimum atomic E-state index is 0.406. The van der Waals surface area contributed by atoms with Crippen LogP contribution in [0.25, 0.3) is 0 Å². The van der Waals surface area contributed by atoms with Gasteiger partial charge >= 0.3 is 0 Å². The molecule has 4 heteroatoms. The smallest absolute Gasteiger partial charge is 0.141 e.